The lowest BCUT2D eigenvalue weighted by molar-refractivity contribution is 0.174. The zero-order valence-corrected chi connectivity index (χ0v) is 11.5. The van der Waals surface area contributed by atoms with Crippen LogP contribution in [0.2, 0.25) is 0 Å². The van der Waals surface area contributed by atoms with Crippen LogP contribution in [-0.2, 0) is 0 Å². The van der Waals surface area contributed by atoms with Crippen molar-refractivity contribution in [2.45, 2.75) is 58.4 Å². The summed E-state index contributed by atoms with van der Waals surface area (Å²) in [6, 6.07) is 0.900. The van der Waals surface area contributed by atoms with Crippen molar-refractivity contribution in [1.29, 1.82) is 0 Å². The highest BCUT2D eigenvalue weighted by Crippen LogP contribution is 2.24. The molecule has 1 rings (SSSR count). The van der Waals surface area contributed by atoms with Gasteiger partial charge in [0.25, 0.3) is 0 Å². The molecule has 1 aliphatic rings. The SMILES string of the molecule is CNCCCCN(CC(C)C)C1CCCC1. The van der Waals surface area contributed by atoms with Crippen LogP contribution in [0.3, 0.4) is 0 Å². The summed E-state index contributed by atoms with van der Waals surface area (Å²) in [5.41, 5.74) is 0. The molecule has 0 amide bonds. The van der Waals surface area contributed by atoms with Gasteiger partial charge in [0, 0.05) is 12.6 Å². The van der Waals surface area contributed by atoms with Gasteiger partial charge in [-0.15, -0.1) is 0 Å². The molecule has 2 nitrogen and oxygen atoms in total. The van der Waals surface area contributed by atoms with Crippen LogP contribution < -0.4 is 5.32 Å². The predicted octanol–water partition coefficient (Wildman–Crippen LogP) is 2.89. The fraction of sp³-hybridized carbons (Fsp3) is 1.00. The smallest absolute Gasteiger partial charge is 0.00953 e. The van der Waals surface area contributed by atoms with E-state index in [1.54, 1.807) is 0 Å². The topological polar surface area (TPSA) is 15.3 Å². The molecular formula is C14H30N2. The van der Waals surface area contributed by atoms with Gasteiger partial charge in [0.2, 0.25) is 0 Å². The minimum absolute atomic E-state index is 0.810. The summed E-state index contributed by atoms with van der Waals surface area (Å²) in [7, 11) is 2.04. The largest absolute Gasteiger partial charge is 0.320 e. The Morgan fingerprint density at radius 3 is 2.44 bits per heavy atom. The Morgan fingerprint density at radius 1 is 1.19 bits per heavy atom. The maximum absolute atomic E-state index is 3.23. The first-order valence-electron chi connectivity index (χ1n) is 7.12. The van der Waals surface area contributed by atoms with Crippen LogP contribution in [0.4, 0.5) is 0 Å². The second-order valence-electron chi connectivity index (χ2n) is 5.64. The van der Waals surface area contributed by atoms with Gasteiger partial charge in [-0.05, 0) is 51.7 Å². The van der Waals surface area contributed by atoms with Crippen molar-refractivity contribution >= 4 is 0 Å². The third-order valence-electron chi connectivity index (χ3n) is 3.56. The van der Waals surface area contributed by atoms with Crippen molar-refractivity contribution in [1.82, 2.24) is 10.2 Å². The Labute approximate surface area is 102 Å². The summed E-state index contributed by atoms with van der Waals surface area (Å²) in [5.74, 6) is 0.810. The molecule has 0 aromatic heterocycles. The van der Waals surface area contributed by atoms with Crippen molar-refractivity contribution in [3.63, 3.8) is 0 Å². The van der Waals surface area contributed by atoms with Crippen LogP contribution in [-0.4, -0.2) is 37.6 Å². The molecule has 0 radical (unpaired) electrons. The van der Waals surface area contributed by atoms with Crippen LogP contribution in [0.1, 0.15) is 52.4 Å². The highest BCUT2D eigenvalue weighted by molar-refractivity contribution is 4.78. The van der Waals surface area contributed by atoms with Gasteiger partial charge in [0.05, 0.1) is 0 Å². The number of hydrogen-bond donors (Lipinski definition) is 1. The molecule has 1 fully saturated rings. The number of unbranched alkanes of at least 4 members (excludes halogenated alkanes) is 1. The monoisotopic (exact) mass is 226 g/mol. The van der Waals surface area contributed by atoms with E-state index in [9.17, 15) is 0 Å². The lowest BCUT2D eigenvalue weighted by atomic mass is 10.1. The van der Waals surface area contributed by atoms with E-state index in [2.05, 4.69) is 24.1 Å². The standard InChI is InChI=1S/C14H30N2/c1-13(2)12-16(11-7-6-10-15-3)14-8-4-5-9-14/h13-15H,4-12H2,1-3H3. The molecule has 2 heteroatoms. The van der Waals surface area contributed by atoms with Crippen LogP contribution in [0.5, 0.6) is 0 Å². The molecule has 96 valence electrons. The van der Waals surface area contributed by atoms with Gasteiger partial charge in [0.1, 0.15) is 0 Å². The van der Waals surface area contributed by atoms with Gasteiger partial charge in [-0.25, -0.2) is 0 Å². The van der Waals surface area contributed by atoms with E-state index in [-0.39, 0.29) is 0 Å². The van der Waals surface area contributed by atoms with E-state index in [4.69, 9.17) is 0 Å². The Bertz CT molecular complexity index is 162. The molecule has 0 heterocycles. The highest BCUT2D eigenvalue weighted by atomic mass is 15.2. The molecule has 0 aliphatic heterocycles. The molecule has 0 unspecified atom stereocenters. The molecular weight excluding hydrogens is 196 g/mol. The van der Waals surface area contributed by atoms with E-state index in [1.807, 2.05) is 7.05 Å². The summed E-state index contributed by atoms with van der Waals surface area (Å²) in [6.07, 6.45) is 8.46. The van der Waals surface area contributed by atoms with Crippen molar-refractivity contribution in [3.05, 3.63) is 0 Å². The highest BCUT2D eigenvalue weighted by Gasteiger charge is 2.22. The number of rotatable bonds is 8. The van der Waals surface area contributed by atoms with Gasteiger partial charge in [-0.2, -0.15) is 0 Å². The minimum atomic E-state index is 0.810. The number of nitrogens with one attached hydrogen (secondary N) is 1. The minimum Gasteiger partial charge on any atom is -0.320 e. The fourth-order valence-corrected chi connectivity index (χ4v) is 2.78. The zero-order valence-electron chi connectivity index (χ0n) is 11.5. The van der Waals surface area contributed by atoms with Gasteiger partial charge >= 0.3 is 0 Å². The molecule has 0 atom stereocenters. The maximum Gasteiger partial charge on any atom is 0.00953 e. The van der Waals surface area contributed by atoms with Crippen LogP contribution in [0.15, 0.2) is 0 Å². The summed E-state index contributed by atoms with van der Waals surface area (Å²) in [4.78, 5) is 2.76. The number of hydrogen-bond acceptors (Lipinski definition) is 2. The summed E-state index contributed by atoms with van der Waals surface area (Å²) >= 11 is 0. The van der Waals surface area contributed by atoms with Crippen LogP contribution in [0, 0.1) is 5.92 Å². The second kappa shape index (κ2) is 8.08. The number of nitrogens with zero attached hydrogens (tertiary/aromatic N) is 1. The van der Waals surface area contributed by atoms with Crippen LogP contribution >= 0.6 is 0 Å². The zero-order chi connectivity index (χ0) is 11.8. The molecule has 0 spiro atoms. The third kappa shape index (κ3) is 5.31. The average Bonchev–Trinajstić information content (AvgIpc) is 2.75. The predicted molar refractivity (Wildman–Crippen MR) is 71.8 cm³/mol. The van der Waals surface area contributed by atoms with E-state index >= 15 is 0 Å². The fourth-order valence-electron chi connectivity index (χ4n) is 2.78. The first-order chi connectivity index (χ1) is 7.74. The first kappa shape index (κ1) is 14.0. The molecule has 1 aliphatic carbocycles. The normalized spacial score (nSPS) is 17.8. The van der Waals surface area contributed by atoms with E-state index < -0.39 is 0 Å². The van der Waals surface area contributed by atoms with Gasteiger partial charge in [0.15, 0.2) is 0 Å². The Morgan fingerprint density at radius 2 is 1.88 bits per heavy atom. The van der Waals surface area contributed by atoms with Crippen molar-refractivity contribution < 1.29 is 0 Å². The van der Waals surface area contributed by atoms with Gasteiger partial charge in [-0.3, -0.25) is 0 Å². The molecule has 0 bridgehead atoms. The molecule has 16 heavy (non-hydrogen) atoms. The summed E-state index contributed by atoms with van der Waals surface area (Å²) in [5, 5.41) is 3.23. The molecule has 0 aromatic carbocycles. The Hall–Kier alpha value is -0.0800. The van der Waals surface area contributed by atoms with Gasteiger partial charge < -0.3 is 10.2 Å². The summed E-state index contributed by atoms with van der Waals surface area (Å²) in [6.45, 7) is 8.46. The van der Waals surface area contributed by atoms with Crippen molar-refractivity contribution in [3.8, 4) is 0 Å². The van der Waals surface area contributed by atoms with Crippen molar-refractivity contribution in [2.75, 3.05) is 26.7 Å². The Kier molecular flexibility index (Phi) is 7.06. The summed E-state index contributed by atoms with van der Waals surface area (Å²) < 4.78 is 0. The molecule has 0 saturated heterocycles. The molecule has 1 saturated carbocycles. The first-order valence-corrected chi connectivity index (χ1v) is 7.12. The lowest BCUT2D eigenvalue weighted by Crippen LogP contribution is -2.37. The third-order valence-corrected chi connectivity index (χ3v) is 3.56. The Balaban J connectivity index is 2.25. The van der Waals surface area contributed by atoms with Crippen molar-refractivity contribution in [2.24, 2.45) is 5.92 Å². The second-order valence-corrected chi connectivity index (χ2v) is 5.64. The van der Waals surface area contributed by atoms with E-state index in [0.29, 0.717) is 0 Å². The molecule has 0 aromatic rings. The van der Waals surface area contributed by atoms with E-state index in [0.717, 1.165) is 12.0 Å². The quantitative estimate of drug-likeness (QED) is 0.640. The lowest BCUT2D eigenvalue weighted by Gasteiger charge is -2.30. The van der Waals surface area contributed by atoms with Crippen LogP contribution in [0.25, 0.3) is 0 Å². The average molecular weight is 226 g/mol. The maximum atomic E-state index is 3.23. The van der Waals surface area contributed by atoms with E-state index in [1.165, 1.54) is 58.2 Å². The molecule has 1 N–H and O–H groups in total. The van der Waals surface area contributed by atoms with Gasteiger partial charge in [-0.1, -0.05) is 26.7 Å².